The van der Waals surface area contributed by atoms with E-state index in [4.69, 9.17) is 9.84 Å². The Morgan fingerprint density at radius 2 is 2.11 bits per heavy atom. The molecule has 19 heavy (non-hydrogen) atoms. The predicted molar refractivity (Wildman–Crippen MR) is 71.6 cm³/mol. The van der Waals surface area contributed by atoms with Gasteiger partial charge in [-0.1, -0.05) is 0 Å². The molecule has 0 saturated carbocycles. The maximum Gasteiger partial charge on any atom is 0.335 e. The molecule has 0 bridgehead atoms. The lowest BCUT2D eigenvalue weighted by Crippen LogP contribution is -2.05. The van der Waals surface area contributed by atoms with Crippen LogP contribution in [0.4, 0.5) is 0 Å². The Hall–Kier alpha value is -2.30. The molecule has 0 fully saturated rings. The van der Waals surface area contributed by atoms with Gasteiger partial charge in [-0.3, -0.25) is 4.68 Å². The van der Waals surface area contributed by atoms with Crippen molar-refractivity contribution >= 4 is 5.97 Å². The van der Waals surface area contributed by atoms with Crippen LogP contribution in [0.25, 0.3) is 11.3 Å². The molecule has 0 amide bonds. The summed E-state index contributed by atoms with van der Waals surface area (Å²) in [6.07, 6.45) is 1.72. The van der Waals surface area contributed by atoms with E-state index in [1.165, 1.54) is 13.2 Å². The molecule has 0 radical (unpaired) electrons. The van der Waals surface area contributed by atoms with E-state index >= 15 is 0 Å². The average Bonchev–Trinajstić information content (AvgIpc) is 2.87. The summed E-state index contributed by atoms with van der Waals surface area (Å²) in [6, 6.07) is 6.94. The Labute approximate surface area is 111 Å². The van der Waals surface area contributed by atoms with Gasteiger partial charge in [0.2, 0.25) is 0 Å². The van der Waals surface area contributed by atoms with Crippen molar-refractivity contribution in [2.24, 2.45) is 0 Å². The second-order valence-corrected chi connectivity index (χ2v) is 4.47. The van der Waals surface area contributed by atoms with Crippen LogP contribution in [0.5, 0.6) is 5.75 Å². The Morgan fingerprint density at radius 1 is 1.37 bits per heavy atom. The van der Waals surface area contributed by atoms with Crippen molar-refractivity contribution in [3.8, 4) is 17.0 Å². The van der Waals surface area contributed by atoms with E-state index in [-0.39, 0.29) is 11.6 Å². The van der Waals surface area contributed by atoms with Crippen LogP contribution < -0.4 is 4.74 Å². The minimum atomic E-state index is -0.970. The van der Waals surface area contributed by atoms with E-state index in [2.05, 4.69) is 5.10 Å². The van der Waals surface area contributed by atoms with E-state index in [1.807, 2.05) is 24.6 Å². The fourth-order valence-corrected chi connectivity index (χ4v) is 1.97. The molecule has 5 heteroatoms. The quantitative estimate of drug-likeness (QED) is 0.918. The minimum Gasteiger partial charge on any atom is -0.496 e. The molecular formula is C14H16N2O3. The lowest BCUT2D eigenvalue weighted by molar-refractivity contribution is 0.0696. The van der Waals surface area contributed by atoms with Crippen molar-refractivity contribution in [1.82, 2.24) is 9.78 Å². The third-order valence-corrected chi connectivity index (χ3v) is 2.88. The van der Waals surface area contributed by atoms with Crippen LogP contribution in [0.3, 0.4) is 0 Å². The van der Waals surface area contributed by atoms with Gasteiger partial charge in [0, 0.05) is 17.8 Å². The smallest absolute Gasteiger partial charge is 0.335 e. The molecule has 1 aromatic carbocycles. The Bertz CT molecular complexity index is 602. The number of aromatic nitrogens is 2. The van der Waals surface area contributed by atoms with Crippen LogP contribution in [0, 0.1) is 0 Å². The van der Waals surface area contributed by atoms with Gasteiger partial charge in [-0.2, -0.15) is 5.10 Å². The fourth-order valence-electron chi connectivity index (χ4n) is 1.97. The van der Waals surface area contributed by atoms with Crippen LogP contribution in [0.15, 0.2) is 30.5 Å². The number of ether oxygens (including phenoxy) is 1. The Balaban J connectivity index is 2.56. The zero-order valence-electron chi connectivity index (χ0n) is 11.1. The lowest BCUT2D eigenvalue weighted by atomic mass is 10.1. The monoisotopic (exact) mass is 260 g/mol. The number of carbonyl (C=O) groups is 1. The van der Waals surface area contributed by atoms with E-state index < -0.39 is 5.97 Å². The summed E-state index contributed by atoms with van der Waals surface area (Å²) in [5, 5.41) is 13.3. The fraction of sp³-hybridized carbons (Fsp3) is 0.286. The molecule has 0 aliphatic carbocycles. The number of carboxylic acids is 1. The highest BCUT2D eigenvalue weighted by Crippen LogP contribution is 2.32. The number of benzene rings is 1. The largest absolute Gasteiger partial charge is 0.496 e. The Kier molecular flexibility index (Phi) is 3.55. The molecule has 2 aromatic rings. The van der Waals surface area contributed by atoms with Crippen LogP contribution in [-0.4, -0.2) is 28.0 Å². The van der Waals surface area contributed by atoms with Crippen molar-refractivity contribution in [2.75, 3.05) is 7.11 Å². The molecule has 2 rings (SSSR count). The SMILES string of the molecule is COc1cc(C(=O)O)ccc1-c1ccnn1C(C)C. The van der Waals surface area contributed by atoms with Gasteiger partial charge in [-0.05, 0) is 38.1 Å². The number of hydrogen-bond acceptors (Lipinski definition) is 3. The Morgan fingerprint density at radius 3 is 2.68 bits per heavy atom. The summed E-state index contributed by atoms with van der Waals surface area (Å²) in [4.78, 5) is 11.0. The molecule has 1 aromatic heterocycles. The average molecular weight is 260 g/mol. The molecule has 0 saturated heterocycles. The summed E-state index contributed by atoms with van der Waals surface area (Å²) in [7, 11) is 1.53. The second-order valence-electron chi connectivity index (χ2n) is 4.47. The van der Waals surface area contributed by atoms with Gasteiger partial charge in [0.25, 0.3) is 0 Å². The van der Waals surface area contributed by atoms with Gasteiger partial charge >= 0.3 is 5.97 Å². The van der Waals surface area contributed by atoms with Gasteiger partial charge in [0.05, 0.1) is 18.4 Å². The first-order valence-electron chi connectivity index (χ1n) is 5.99. The van der Waals surface area contributed by atoms with E-state index in [0.29, 0.717) is 5.75 Å². The number of nitrogens with zero attached hydrogens (tertiary/aromatic N) is 2. The molecule has 1 N–H and O–H groups in total. The highest BCUT2D eigenvalue weighted by atomic mass is 16.5. The summed E-state index contributed by atoms with van der Waals surface area (Å²) in [5.41, 5.74) is 1.94. The van der Waals surface area contributed by atoms with Gasteiger partial charge in [-0.15, -0.1) is 0 Å². The molecular weight excluding hydrogens is 244 g/mol. The zero-order chi connectivity index (χ0) is 14.0. The van der Waals surface area contributed by atoms with Gasteiger partial charge < -0.3 is 9.84 Å². The first-order chi connectivity index (χ1) is 9.04. The van der Waals surface area contributed by atoms with Crippen molar-refractivity contribution in [3.05, 3.63) is 36.0 Å². The first-order valence-corrected chi connectivity index (χ1v) is 5.99. The van der Waals surface area contributed by atoms with Crippen molar-refractivity contribution in [3.63, 3.8) is 0 Å². The standard InChI is InChI=1S/C14H16N2O3/c1-9(2)16-12(6-7-15-16)11-5-4-10(14(17)18)8-13(11)19-3/h4-9H,1-3H3,(H,17,18). The molecule has 0 atom stereocenters. The minimum absolute atomic E-state index is 0.205. The highest BCUT2D eigenvalue weighted by molar-refractivity contribution is 5.89. The summed E-state index contributed by atoms with van der Waals surface area (Å²) >= 11 is 0. The topological polar surface area (TPSA) is 64.3 Å². The van der Waals surface area contributed by atoms with E-state index in [1.54, 1.807) is 18.3 Å². The molecule has 0 aliphatic heterocycles. The number of aromatic carboxylic acids is 1. The van der Waals surface area contributed by atoms with Crippen molar-refractivity contribution in [2.45, 2.75) is 19.9 Å². The van der Waals surface area contributed by atoms with Crippen LogP contribution in [-0.2, 0) is 0 Å². The molecule has 100 valence electrons. The molecule has 0 aliphatic rings. The number of rotatable bonds is 4. The number of hydrogen-bond donors (Lipinski definition) is 1. The lowest BCUT2D eigenvalue weighted by Gasteiger charge is -2.14. The highest BCUT2D eigenvalue weighted by Gasteiger charge is 2.15. The normalized spacial score (nSPS) is 10.7. The van der Waals surface area contributed by atoms with Crippen LogP contribution in [0.1, 0.15) is 30.2 Å². The first kappa shape index (κ1) is 13.1. The van der Waals surface area contributed by atoms with Crippen LogP contribution >= 0.6 is 0 Å². The summed E-state index contributed by atoms with van der Waals surface area (Å²) < 4.78 is 7.16. The van der Waals surface area contributed by atoms with Gasteiger partial charge in [-0.25, -0.2) is 4.79 Å². The van der Waals surface area contributed by atoms with Crippen LogP contribution in [0.2, 0.25) is 0 Å². The third kappa shape index (κ3) is 2.45. The van der Waals surface area contributed by atoms with Crippen molar-refractivity contribution in [1.29, 1.82) is 0 Å². The molecule has 1 heterocycles. The second kappa shape index (κ2) is 5.14. The molecule has 5 nitrogen and oxygen atoms in total. The number of carboxylic acid groups (broad SMARTS) is 1. The predicted octanol–water partition coefficient (Wildman–Crippen LogP) is 2.84. The molecule has 0 unspecified atom stereocenters. The number of methoxy groups -OCH3 is 1. The van der Waals surface area contributed by atoms with Gasteiger partial charge in [0.15, 0.2) is 0 Å². The maximum atomic E-state index is 11.0. The summed E-state index contributed by atoms with van der Waals surface area (Å²) in [6.45, 7) is 4.07. The van der Waals surface area contributed by atoms with Crippen molar-refractivity contribution < 1.29 is 14.6 Å². The summed E-state index contributed by atoms with van der Waals surface area (Å²) in [5.74, 6) is -0.440. The van der Waals surface area contributed by atoms with E-state index in [9.17, 15) is 4.79 Å². The molecule has 0 spiro atoms. The maximum absolute atomic E-state index is 11.0. The third-order valence-electron chi connectivity index (χ3n) is 2.88. The van der Waals surface area contributed by atoms with Gasteiger partial charge in [0.1, 0.15) is 5.75 Å². The van der Waals surface area contributed by atoms with E-state index in [0.717, 1.165) is 11.3 Å². The zero-order valence-corrected chi connectivity index (χ0v) is 11.1.